The number of non-ortho nitro benzene ring substituents is 1. The number of nitro benzene ring substituents is 2. The van der Waals surface area contributed by atoms with Gasteiger partial charge in [-0.1, -0.05) is 0 Å². The molecule has 0 bridgehead atoms. The molecule has 0 spiro atoms. The Morgan fingerprint density at radius 1 is 1.04 bits per heavy atom. The number of benzene rings is 2. The van der Waals surface area contributed by atoms with Gasteiger partial charge in [0.15, 0.2) is 5.69 Å². The molecule has 0 atom stereocenters. The van der Waals surface area contributed by atoms with Crippen LogP contribution in [0.15, 0.2) is 57.5 Å². The van der Waals surface area contributed by atoms with Crippen molar-refractivity contribution in [2.24, 2.45) is 10.2 Å². The molecule has 0 aliphatic carbocycles. The third-order valence-electron chi connectivity index (χ3n) is 3.74. The number of halogens is 1. The molecule has 0 saturated heterocycles. The summed E-state index contributed by atoms with van der Waals surface area (Å²) in [6.07, 6.45) is 0. The van der Waals surface area contributed by atoms with Gasteiger partial charge in [0.1, 0.15) is 11.5 Å². The van der Waals surface area contributed by atoms with Crippen molar-refractivity contribution in [1.82, 2.24) is 9.78 Å². The van der Waals surface area contributed by atoms with Crippen molar-refractivity contribution >= 4 is 22.7 Å². The second-order valence-corrected chi connectivity index (χ2v) is 5.59. The summed E-state index contributed by atoms with van der Waals surface area (Å²) in [4.78, 5) is 33.2. The first kappa shape index (κ1) is 18.6. The zero-order chi connectivity index (χ0) is 20.4. The van der Waals surface area contributed by atoms with E-state index >= 15 is 0 Å². The number of H-pyrrole nitrogens is 1. The molecule has 0 radical (unpaired) electrons. The molecule has 3 aromatic rings. The van der Waals surface area contributed by atoms with Crippen molar-refractivity contribution in [3.8, 4) is 5.69 Å². The Kier molecular flexibility index (Phi) is 4.76. The highest BCUT2D eigenvalue weighted by Crippen LogP contribution is 2.28. The molecule has 2 aromatic carbocycles. The Bertz CT molecular complexity index is 1170. The van der Waals surface area contributed by atoms with Crippen LogP contribution in [0.2, 0.25) is 0 Å². The average Bonchev–Trinajstić information content (AvgIpc) is 2.94. The molecule has 0 unspecified atom stereocenters. The number of aryl methyl sites for hydroxylation is 1. The maximum atomic E-state index is 12.9. The van der Waals surface area contributed by atoms with E-state index in [1.807, 2.05) is 0 Å². The molecular weight excluding hydrogens is 375 g/mol. The number of nitrogens with zero attached hydrogens (tertiary/aromatic N) is 5. The van der Waals surface area contributed by atoms with E-state index in [0.717, 1.165) is 22.9 Å². The zero-order valence-corrected chi connectivity index (χ0v) is 14.2. The summed E-state index contributed by atoms with van der Waals surface area (Å²) < 4.78 is 13.8. The first-order valence-corrected chi connectivity index (χ1v) is 7.70. The highest BCUT2D eigenvalue weighted by Gasteiger charge is 2.24. The lowest BCUT2D eigenvalue weighted by atomic mass is 10.2. The minimum atomic E-state index is -0.829. The summed E-state index contributed by atoms with van der Waals surface area (Å²) >= 11 is 0. The smallest absolute Gasteiger partial charge is 0.293 e. The monoisotopic (exact) mass is 386 g/mol. The van der Waals surface area contributed by atoms with Gasteiger partial charge in [-0.2, -0.15) is 5.11 Å². The molecule has 0 saturated carbocycles. The number of aromatic nitrogens is 2. The fourth-order valence-electron chi connectivity index (χ4n) is 2.40. The van der Waals surface area contributed by atoms with Gasteiger partial charge >= 0.3 is 5.69 Å². The van der Waals surface area contributed by atoms with Crippen LogP contribution in [0.4, 0.5) is 27.1 Å². The van der Waals surface area contributed by atoms with Crippen LogP contribution < -0.4 is 5.56 Å². The average molecular weight is 386 g/mol. The summed E-state index contributed by atoms with van der Waals surface area (Å²) in [6.45, 7) is 1.51. The zero-order valence-electron chi connectivity index (χ0n) is 14.2. The lowest BCUT2D eigenvalue weighted by Crippen LogP contribution is -2.15. The van der Waals surface area contributed by atoms with Gasteiger partial charge in [-0.3, -0.25) is 30.1 Å². The summed E-state index contributed by atoms with van der Waals surface area (Å²) in [5.74, 6) is -0.454. The summed E-state index contributed by atoms with van der Waals surface area (Å²) in [5.41, 5.74) is -1.58. The molecule has 1 aromatic heterocycles. The fourth-order valence-corrected chi connectivity index (χ4v) is 2.40. The Hall–Kier alpha value is -4.22. The Balaban J connectivity index is 2.07. The van der Waals surface area contributed by atoms with E-state index in [4.69, 9.17) is 0 Å². The second kappa shape index (κ2) is 7.19. The summed E-state index contributed by atoms with van der Waals surface area (Å²) in [5, 5.41) is 32.4. The summed E-state index contributed by atoms with van der Waals surface area (Å²) in [6, 6.07) is 7.98. The Morgan fingerprint density at radius 2 is 1.71 bits per heavy atom. The van der Waals surface area contributed by atoms with Crippen molar-refractivity contribution < 1.29 is 14.2 Å². The minimum absolute atomic E-state index is 0.114. The SMILES string of the molecule is Cc1[nH]n(-c2ccc([N+](=O)[O-])cc2[N+](=O)[O-])c(=O)c1N=Nc1ccc(F)cc1. The molecule has 0 aliphatic rings. The van der Waals surface area contributed by atoms with E-state index in [1.165, 1.54) is 31.2 Å². The van der Waals surface area contributed by atoms with Crippen molar-refractivity contribution in [3.63, 3.8) is 0 Å². The highest BCUT2D eigenvalue weighted by molar-refractivity contribution is 5.58. The van der Waals surface area contributed by atoms with Crippen LogP contribution >= 0.6 is 0 Å². The largest absolute Gasteiger partial charge is 0.301 e. The van der Waals surface area contributed by atoms with Gasteiger partial charge in [-0.25, -0.2) is 9.07 Å². The first-order chi connectivity index (χ1) is 13.3. The molecule has 142 valence electrons. The topological polar surface area (TPSA) is 149 Å². The Morgan fingerprint density at radius 3 is 2.32 bits per heavy atom. The molecule has 12 heteroatoms. The van der Waals surface area contributed by atoms with Gasteiger partial charge in [-0.05, 0) is 37.3 Å². The molecule has 0 fully saturated rings. The molecular formula is C16H11FN6O5. The number of nitrogens with one attached hydrogen (secondary N) is 1. The number of azo groups is 1. The van der Waals surface area contributed by atoms with E-state index < -0.39 is 32.6 Å². The van der Waals surface area contributed by atoms with Gasteiger partial charge in [0.2, 0.25) is 0 Å². The molecule has 0 aliphatic heterocycles. The number of hydrogen-bond acceptors (Lipinski definition) is 7. The third-order valence-corrected chi connectivity index (χ3v) is 3.74. The van der Waals surface area contributed by atoms with Crippen LogP contribution in [0.5, 0.6) is 0 Å². The van der Waals surface area contributed by atoms with Crippen molar-refractivity contribution in [1.29, 1.82) is 0 Å². The minimum Gasteiger partial charge on any atom is -0.293 e. The van der Waals surface area contributed by atoms with Crippen LogP contribution in [0.1, 0.15) is 5.69 Å². The van der Waals surface area contributed by atoms with E-state index in [2.05, 4.69) is 15.3 Å². The van der Waals surface area contributed by atoms with Gasteiger partial charge in [0.05, 0.1) is 27.3 Å². The van der Waals surface area contributed by atoms with Gasteiger partial charge in [-0.15, -0.1) is 5.11 Å². The van der Waals surface area contributed by atoms with Crippen molar-refractivity contribution in [2.75, 3.05) is 0 Å². The van der Waals surface area contributed by atoms with E-state index in [1.54, 1.807) is 0 Å². The summed E-state index contributed by atoms with van der Waals surface area (Å²) in [7, 11) is 0. The first-order valence-electron chi connectivity index (χ1n) is 7.70. The standard InChI is InChI=1S/C16H11FN6O5/c1-9-15(19-18-11-4-2-10(17)3-5-11)16(24)21(20-9)13-7-6-12(22(25)26)8-14(13)23(27)28/h2-8,20H,1H3. The van der Waals surface area contributed by atoms with Crippen LogP contribution in [0.3, 0.4) is 0 Å². The molecule has 11 nitrogen and oxygen atoms in total. The van der Waals surface area contributed by atoms with Crippen LogP contribution in [0, 0.1) is 33.0 Å². The predicted molar refractivity (Wildman–Crippen MR) is 95.0 cm³/mol. The molecule has 1 heterocycles. The van der Waals surface area contributed by atoms with Crippen molar-refractivity contribution in [2.45, 2.75) is 6.92 Å². The van der Waals surface area contributed by atoms with Gasteiger partial charge < -0.3 is 0 Å². The van der Waals surface area contributed by atoms with E-state index in [0.29, 0.717) is 5.69 Å². The molecule has 0 amide bonds. The molecule has 1 N–H and O–H groups in total. The molecule has 3 rings (SSSR count). The number of hydrogen-bond donors (Lipinski definition) is 1. The van der Waals surface area contributed by atoms with Crippen molar-refractivity contribution in [3.05, 3.63) is 84.6 Å². The maximum Gasteiger partial charge on any atom is 0.301 e. The predicted octanol–water partition coefficient (Wildman–Crippen LogP) is 3.84. The van der Waals surface area contributed by atoms with Crippen LogP contribution in [-0.2, 0) is 0 Å². The fraction of sp³-hybridized carbons (Fsp3) is 0.0625. The van der Waals surface area contributed by atoms with E-state index in [9.17, 15) is 29.4 Å². The van der Waals surface area contributed by atoms with Crippen LogP contribution in [-0.4, -0.2) is 19.6 Å². The van der Waals surface area contributed by atoms with Gasteiger partial charge in [0, 0.05) is 6.07 Å². The number of nitro groups is 2. The Labute approximate surface area is 155 Å². The lowest BCUT2D eigenvalue weighted by Gasteiger charge is -2.02. The van der Waals surface area contributed by atoms with Gasteiger partial charge in [0.25, 0.3) is 11.2 Å². The lowest BCUT2D eigenvalue weighted by molar-refractivity contribution is -0.394. The third kappa shape index (κ3) is 3.51. The highest BCUT2D eigenvalue weighted by atomic mass is 19.1. The number of rotatable bonds is 5. The number of aromatic amines is 1. The maximum absolute atomic E-state index is 12.9. The normalized spacial score (nSPS) is 11.1. The van der Waals surface area contributed by atoms with Crippen LogP contribution in [0.25, 0.3) is 5.69 Å². The second-order valence-electron chi connectivity index (χ2n) is 5.59. The molecule has 28 heavy (non-hydrogen) atoms. The quantitative estimate of drug-likeness (QED) is 0.401. The van der Waals surface area contributed by atoms with E-state index in [-0.39, 0.29) is 17.1 Å².